The highest BCUT2D eigenvalue weighted by Crippen LogP contribution is 2.24. The molecule has 0 bridgehead atoms. The zero-order valence-electron chi connectivity index (χ0n) is 14.5. The molecule has 8 heteroatoms. The Morgan fingerprint density at radius 3 is 2.54 bits per heavy atom. The first-order valence-electron chi connectivity index (χ1n) is 7.99. The molecule has 2 aromatic rings. The van der Waals surface area contributed by atoms with E-state index in [0.717, 1.165) is 0 Å². The van der Waals surface area contributed by atoms with E-state index >= 15 is 0 Å². The van der Waals surface area contributed by atoms with E-state index in [1.807, 2.05) is 13.8 Å². The van der Waals surface area contributed by atoms with Crippen LogP contribution in [0.2, 0.25) is 0 Å². The first-order chi connectivity index (χ1) is 12.1. The standard InChI is InChI=1S/C18H21FN2O4S/c1-12(2)11-25-15-8-14(9-16(10-15)26(20,23)24)21-18(22)7-13-5-3-4-6-17(13)19/h3-6,8-10,12H,7,11H2,1-2H3,(H,21,22)(H2,20,23,24). The van der Waals surface area contributed by atoms with Crippen LogP contribution < -0.4 is 15.2 Å². The molecule has 0 aliphatic rings. The van der Waals surface area contributed by atoms with Gasteiger partial charge in [-0.3, -0.25) is 4.79 Å². The van der Waals surface area contributed by atoms with Crippen LogP contribution in [-0.2, 0) is 21.2 Å². The van der Waals surface area contributed by atoms with Crippen molar-refractivity contribution >= 4 is 21.6 Å². The molecule has 0 unspecified atom stereocenters. The van der Waals surface area contributed by atoms with Crippen LogP contribution in [0, 0.1) is 11.7 Å². The summed E-state index contributed by atoms with van der Waals surface area (Å²) in [6, 6.07) is 9.96. The topological polar surface area (TPSA) is 98.5 Å². The lowest BCUT2D eigenvalue weighted by molar-refractivity contribution is -0.115. The molecule has 0 aliphatic heterocycles. The minimum absolute atomic E-state index is 0.181. The first-order valence-corrected chi connectivity index (χ1v) is 9.53. The highest BCUT2D eigenvalue weighted by atomic mass is 32.2. The first kappa shape index (κ1) is 19.9. The molecule has 0 heterocycles. The van der Waals surface area contributed by atoms with Gasteiger partial charge in [-0.15, -0.1) is 0 Å². The number of carbonyl (C=O) groups is 1. The molecule has 0 spiro atoms. The Bertz CT molecular complexity index is 898. The fourth-order valence-corrected chi connectivity index (χ4v) is 2.75. The molecule has 140 valence electrons. The Hall–Kier alpha value is -2.45. The normalized spacial score (nSPS) is 11.4. The number of hydrogen-bond donors (Lipinski definition) is 2. The number of halogens is 1. The number of carbonyl (C=O) groups excluding carboxylic acids is 1. The number of benzene rings is 2. The average Bonchev–Trinajstić information content (AvgIpc) is 2.54. The van der Waals surface area contributed by atoms with Gasteiger partial charge < -0.3 is 10.1 Å². The molecule has 0 atom stereocenters. The third-order valence-electron chi connectivity index (χ3n) is 3.38. The molecule has 0 fully saturated rings. The van der Waals surface area contributed by atoms with E-state index in [1.54, 1.807) is 6.07 Å². The summed E-state index contributed by atoms with van der Waals surface area (Å²) < 4.78 is 42.5. The van der Waals surface area contributed by atoms with Crippen molar-refractivity contribution in [3.63, 3.8) is 0 Å². The largest absolute Gasteiger partial charge is 0.493 e. The van der Waals surface area contributed by atoms with Crippen molar-refractivity contribution in [1.29, 1.82) is 0 Å². The van der Waals surface area contributed by atoms with Gasteiger partial charge in [0.1, 0.15) is 11.6 Å². The van der Waals surface area contributed by atoms with Crippen molar-refractivity contribution in [2.45, 2.75) is 25.2 Å². The zero-order chi connectivity index (χ0) is 19.3. The SMILES string of the molecule is CC(C)COc1cc(NC(=O)Cc2ccccc2F)cc(S(N)(=O)=O)c1. The molecule has 3 N–H and O–H groups in total. The summed E-state index contributed by atoms with van der Waals surface area (Å²) in [4.78, 5) is 12.0. The van der Waals surface area contributed by atoms with Gasteiger partial charge >= 0.3 is 0 Å². The van der Waals surface area contributed by atoms with Gasteiger partial charge in [-0.1, -0.05) is 32.0 Å². The molecule has 2 rings (SSSR count). The molecule has 2 aromatic carbocycles. The van der Waals surface area contributed by atoms with E-state index < -0.39 is 21.7 Å². The number of rotatable bonds is 7. The summed E-state index contributed by atoms with van der Waals surface area (Å²) in [6.07, 6.45) is -0.186. The Morgan fingerprint density at radius 2 is 1.92 bits per heavy atom. The van der Waals surface area contributed by atoms with Crippen LogP contribution in [0.3, 0.4) is 0 Å². The van der Waals surface area contributed by atoms with E-state index in [9.17, 15) is 17.6 Å². The maximum atomic E-state index is 13.7. The molecule has 26 heavy (non-hydrogen) atoms. The third kappa shape index (κ3) is 5.82. The van der Waals surface area contributed by atoms with Crippen LogP contribution >= 0.6 is 0 Å². The molecule has 1 amide bonds. The number of ether oxygens (including phenoxy) is 1. The maximum absolute atomic E-state index is 13.7. The maximum Gasteiger partial charge on any atom is 0.238 e. The summed E-state index contributed by atoms with van der Waals surface area (Å²) in [5.41, 5.74) is 0.445. The minimum Gasteiger partial charge on any atom is -0.493 e. The number of amides is 1. The van der Waals surface area contributed by atoms with Crippen molar-refractivity contribution in [1.82, 2.24) is 0 Å². The number of sulfonamides is 1. The lowest BCUT2D eigenvalue weighted by atomic mass is 10.1. The fraction of sp³-hybridized carbons (Fsp3) is 0.278. The molecule has 0 aliphatic carbocycles. The second-order valence-corrected chi connectivity index (χ2v) is 7.82. The number of hydrogen-bond acceptors (Lipinski definition) is 4. The predicted molar refractivity (Wildman–Crippen MR) is 96.9 cm³/mol. The van der Waals surface area contributed by atoms with Gasteiger partial charge in [0, 0.05) is 17.8 Å². The molecule has 6 nitrogen and oxygen atoms in total. The predicted octanol–water partition coefficient (Wildman–Crippen LogP) is 2.69. The Balaban J connectivity index is 2.22. The average molecular weight is 380 g/mol. The van der Waals surface area contributed by atoms with Crippen LogP contribution in [0.5, 0.6) is 5.75 Å². The van der Waals surface area contributed by atoms with Crippen molar-refractivity contribution < 1.29 is 22.3 Å². The quantitative estimate of drug-likeness (QED) is 0.771. The molecule has 0 saturated heterocycles. The van der Waals surface area contributed by atoms with Gasteiger partial charge in [-0.05, 0) is 23.6 Å². The number of primary sulfonamides is 1. The van der Waals surface area contributed by atoms with E-state index in [1.165, 1.54) is 36.4 Å². The van der Waals surface area contributed by atoms with E-state index in [4.69, 9.17) is 9.88 Å². The molecular weight excluding hydrogens is 359 g/mol. The van der Waals surface area contributed by atoms with E-state index in [2.05, 4.69) is 5.32 Å². The second kappa shape index (κ2) is 8.29. The van der Waals surface area contributed by atoms with Crippen LogP contribution in [-0.4, -0.2) is 20.9 Å². The Kier molecular flexibility index (Phi) is 6.33. The van der Waals surface area contributed by atoms with E-state index in [0.29, 0.717) is 6.61 Å². The van der Waals surface area contributed by atoms with Crippen molar-refractivity contribution in [2.24, 2.45) is 11.1 Å². The zero-order valence-corrected chi connectivity index (χ0v) is 15.3. The lowest BCUT2D eigenvalue weighted by Crippen LogP contribution is -2.17. The van der Waals surface area contributed by atoms with Crippen LogP contribution in [0.4, 0.5) is 10.1 Å². The van der Waals surface area contributed by atoms with Gasteiger partial charge in [-0.25, -0.2) is 17.9 Å². The monoisotopic (exact) mass is 380 g/mol. The van der Waals surface area contributed by atoms with Crippen molar-refractivity contribution in [3.8, 4) is 5.75 Å². The molecule has 0 saturated carbocycles. The molecule has 0 aromatic heterocycles. The van der Waals surface area contributed by atoms with Crippen LogP contribution in [0.1, 0.15) is 19.4 Å². The number of nitrogens with two attached hydrogens (primary N) is 1. The van der Waals surface area contributed by atoms with Gasteiger partial charge in [0.05, 0.1) is 17.9 Å². The minimum atomic E-state index is -3.98. The number of anilines is 1. The fourth-order valence-electron chi connectivity index (χ4n) is 2.17. The Morgan fingerprint density at radius 1 is 1.23 bits per heavy atom. The summed E-state index contributed by atoms with van der Waals surface area (Å²) in [7, 11) is -3.98. The number of nitrogens with one attached hydrogen (secondary N) is 1. The smallest absolute Gasteiger partial charge is 0.238 e. The van der Waals surface area contributed by atoms with Crippen LogP contribution in [0.25, 0.3) is 0 Å². The molecule has 0 radical (unpaired) electrons. The summed E-state index contributed by atoms with van der Waals surface area (Å²) in [5, 5.41) is 7.73. The van der Waals surface area contributed by atoms with Gasteiger partial charge in [0.15, 0.2) is 0 Å². The van der Waals surface area contributed by atoms with Gasteiger partial charge in [0.2, 0.25) is 15.9 Å². The summed E-state index contributed by atoms with van der Waals surface area (Å²) in [5.74, 6) is -0.475. The van der Waals surface area contributed by atoms with Gasteiger partial charge in [-0.2, -0.15) is 0 Å². The Labute approximate surface area is 152 Å². The van der Waals surface area contributed by atoms with Crippen LogP contribution in [0.15, 0.2) is 47.4 Å². The highest BCUT2D eigenvalue weighted by Gasteiger charge is 2.14. The summed E-state index contributed by atoms with van der Waals surface area (Å²) in [6.45, 7) is 4.26. The lowest BCUT2D eigenvalue weighted by Gasteiger charge is -2.13. The third-order valence-corrected chi connectivity index (χ3v) is 4.28. The van der Waals surface area contributed by atoms with Crippen molar-refractivity contribution in [2.75, 3.05) is 11.9 Å². The van der Waals surface area contributed by atoms with Gasteiger partial charge in [0.25, 0.3) is 0 Å². The highest BCUT2D eigenvalue weighted by molar-refractivity contribution is 7.89. The van der Waals surface area contributed by atoms with E-state index in [-0.39, 0.29) is 34.2 Å². The summed E-state index contributed by atoms with van der Waals surface area (Å²) >= 11 is 0. The second-order valence-electron chi connectivity index (χ2n) is 6.26. The van der Waals surface area contributed by atoms with Crippen molar-refractivity contribution in [3.05, 3.63) is 53.8 Å². The molecular formula is C18H21FN2O4S.